The number of nitrogens with zero attached hydrogens (tertiary/aromatic N) is 3. The Morgan fingerprint density at radius 3 is 2.18 bits per heavy atom. The quantitative estimate of drug-likeness (QED) is 0.169. The van der Waals surface area contributed by atoms with Crippen LogP contribution in [-0.4, -0.2) is 19.6 Å². The molecule has 2 aliphatic rings. The van der Waals surface area contributed by atoms with Crippen LogP contribution >= 0.6 is 0 Å². The monoisotopic (exact) mass is 1060 g/mol. The van der Waals surface area contributed by atoms with Crippen LogP contribution < -0.4 is 0 Å². The van der Waals surface area contributed by atoms with Gasteiger partial charge in [0.25, 0.3) is 0 Å². The summed E-state index contributed by atoms with van der Waals surface area (Å²) in [7, 11) is 0. The SMILES string of the molecule is CC(C)(C)c1ccc2cc3c(cc2c1)oc1nc(-c2[c-]c(-c4cc(C5CCC6(CCCCC6)CC5)cc5c4nc(-c4ccccc4O)n5-c4ccccc4-c4ccccc4)ccc2)ccc13.[Pt]. The van der Waals surface area contributed by atoms with Crippen molar-refractivity contribution in [3.8, 4) is 56.3 Å². The number of furan rings is 1. The van der Waals surface area contributed by atoms with Crippen LogP contribution in [0.3, 0.4) is 0 Å². The number of fused-ring (bicyclic) bond motifs is 5. The second kappa shape index (κ2) is 17.1. The molecular weight excluding hydrogens is 1000 g/mol. The predicted molar refractivity (Wildman–Crippen MR) is 271 cm³/mol. The Hall–Kier alpha value is -6.29. The van der Waals surface area contributed by atoms with Crippen molar-refractivity contribution in [3.63, 3.8) is 0 Å². The molecule has 10 aromatic rings. The summed E-state index contributed by atoms with van der Waals surface area (Å²) in [6.45, 7) is 6.75. The van der Waals surface area contributed by atoms with Crippen molar-refractivity contribution in [3.05, 3.63) is 169 Å². The summed E-state index contributed by atoms with van der Waals surface area (Å²) < 4.78 is 8.83. The Morgan fingerprint density at radius 2 is 1.39 bits per heavy atom. The van der Waals surface area contributed by atoms with Crippen molar-refractivity contribution in [2.24, 2.45) is 5.41 Å². The molecule has 67 heavy (non-hydrogen) atoms. The Kier molecular flexibility index (Phi) is 11.0. The van der Waals surface area contributed by atoms with Gasteiger partial charge in [0.2, 0.25) is 5.71 Å². The minimum atomic E-state index is 0. The largest absolute Gasteiger partial charge is 0.507 e. The maximum Gasteiger partial charge on any atom is 0.220 e. The number of aromatic nitrogens is 3. The maximum atomic E-state index is 11.5. The minimum absolute atomic E-state index is 0. The van der Waals surface area contributed by atoms with Crippen LogP contribution in [0, 0.1) is 11.5 Å². The molecule has 5 nitrogen and oxygen atoms in total. The molecule has 2 saturated carbocycles. The fourth-order valence-corrected chi connectivity index (χ4v) is 11.4. The van der Waals surface area contributed by atoms with E-state index in [1.165, 1.54) is 79.7 Å². The second-order valence-electron chi connectivity index (χ2n) is 20.2. The third-order valence-corrected chi connectivity index (χ3v) is 15.1. The Labute approximate surface area is 407 Å². The Morgan fingerprint density at radius 1 is 0.642 bits per heavy atom. The minimum Gasteiger partial charge on any atom is -0.507 e. The zero-order valence-electron chi connectivity index (χ0n) is 38.4. The summed E-state index contributed by atoms with van der Waals surface area (Å²) in [6, 6.07) is 57.1. The topological polar surface area (TPSA) is 64.1 Å². The molecule has 3 aromatic heterocycles. The fourth-order valence-electron chi connectivity index (χ4n) is 11.4. The van der Waals surface area contributed by atoms with Crippen molar-refractivity contribution in [1.82, 2.24) is 14.5 Å². The first kappa shape index (κ1) is 43.3. The van der Waals surface area contributed by atoms with E-state index in [1.807, 2.05) is 18.2 Å². The number of benzene rings is 7. The molecule has 2 aliphatic carbocycles. The van der Waals surface area contributed by atoms with E-state index < -0.39 is 0 Å². The zero-order valence-corrected chi connectivity index (χ0v) is 40.7. The molecule has 6 heteroatoms. The first-order valence-corrected chi connectivity index (χ1v) is 24.0. The summed E-state index contributed by atoms with van der Waals surface area (Å²) in [5.74, 6) is 1.32. The van der Waals surface area contributed by atoms with Crippen molar-refractivity contribution < 1.29 is 30.6 Å². The van der Waals surface area contributed by atoms with E-state index in [2.05, 4.69) is 159 Å². The summed E-state index contributed by atoms with van der Waals surface area (Å²) in [5, 5.41) is 15.9. The number of hydrogen-bond acceptors (Lipinski definition) is 4. The molecular formula is C61H54N3O2Pt-. The molecule has 0 aliphatic heterocycles. The van der Waals surface area contributed by atoms with Crippen molar-refractivity contribution in [2.45, 2.75) is 89.9 Å². The average Bonchev–Trinajstić information content (AvgIpc) is 3.91. The standard InChI is InChI=1S/C61H54N3O2.Pt/c1-60(2,3)46-24-23-41-35-51-48-25-26-52(62-59(48)66-56(51)38-44(41)34-46)43-18-14-17-42(33-43)50-36-45(39-27-31-61(32-28-39)29-12-5-13-30-61)37-54-57(50)63-58(49-20-9-11-22-55(49)65)64(54)53-21-10-8-19-47(53)40-15-6-4-7-16-40;/h4,6-11,14-26,34-39,65H,5,12-13,27-32H2,1-3H3;/q-1;. The fraction of sp³-hybridized carbons (Fsp3) is 0.246. The molecule has 3 heterocycles. The van der Waals surface area contributed by atoms with E-state index in [0.717, 1.165) is 66.6 Å². The third-order valence-electron chi connectivity index (χ3n) is 15.1. The number of phenolic OH excluding ortho intramolecular Hbond substituents is 1. The van der Waals surface area contributed by atoms with Gasteiger partial charge in [0.1, 0.15) is 17.2 Å². The van der Waals surface area contributed by atoms with E-state index in [9.17, 15) is 5.11 Å². The van der Waals surface area contributed by atoms with Crippen molar-refractivity contribution in [2.75, 3.05) is 0 Å². The van der Waals surface area contributed by atoms with Gasteiger partial charge in [0.05, 0.1) is 22.3 Å². The smallest absolute Gasteiger partial charge is 0.220 e. The number of phenols is 1. The van der Waals surface area contributed by atoms with Gasteiger partial charge in [-0.15, -0.1) is 29.8 Å². The van der Waals surface area contributed by atoms with Crippen LogP contribution in [0.25, 0.3) is 94.5 Å². The molecule has 336 valence electrons. The molecule has 0 unspecified atom stereocenters. The summed E-state index contributed by atoms with van der Waals surface area (Å²) in [5.41, 5.74) is 14.1. The number of rotatable bonds is 6. The average molecular weight is 1060 g/mol. The molecule has 0 radical (unpaired) electrons. The normalized spacial score (nSPS) is 15.4. The first-order chi connectivity index (χ1) is 32.2. The molecule has 0 saturated heterocycles. The molecule has 1 spiro atoms. The van der Waals surface area contributed by atoms with Crippen molar-refractivity contribution in [1.29, 1.82) is 0 Å². The summed E-state index contributed by atoms with van der Waals surface area (Å²) >= 11 is 0. The molecule has 0 amide bonds. The third kappa shape index (κ3) is 7.80. The number of para-hydroxylation sites is 2. The molecule has 0 bridgehead atoms. The molecule has 7 aromatic carbocycles. The van der Waals surface area contributed by atoms with E-state index in [0.29, 0.717) is 28.4 Å². The molecule has 12 rings (SSSR count). The van der Waals surface area contributed by atoms with Crippen molar-refractivity contribution >= 4 is 43.9 Å². The number of hydrogen-bond donors (Lipinski definition) is 1. The van der Waals surface area contributed by atoms with Gasteiger partial charge < -0.3 is 9.52 Å². The second-order valence-corrected chi connectivity index (χ2v) is 20.2. The van der Waals surface area contributed by atoms with E-state index >= 15 is 0 Å². The van der Waals surface area contributed by atoms with Gasteiger partial charge in [-0.3, -0.25) is 9.55 Å². The van der Waals surface area contributed by atoms with Gasteiger partial charge >= 0.3 is 0 Å². The van der Waals surface area contributed by atoms with Gasteiger partial charge in [-0.1, -0.05) is 148 Å². The van der Waals surface area contributed by atoms with Crippen LogP contribution in [0.1, 0.15) is 95.6 Å². The van der Waals surface area contributed by atoms with Gasteiger partial charge in [0.15, 0.2) is 0 Å². The Balaban J connectivity index is 0.00000494. The van der Waals surface area contributed by atoms with Crippen LogP contribution in [0.4, 0.5) is 0 Å². The van der Waals surface area contributed by atoms with Crippen LogP contribution in [-0.2, 0) is 26.5 Å². The molecule has 0 atom stereocenters. The van der Waals surface area contributed by atoms with E-state index in [-0.39, 0.29) is 32.2 Å². The van der Waals surface area contributed by atoms with Crippen LogP contribution in [0.2, 0.25) is 0 Å². The number of aromatic hydroxyl groups is 1. The zero-order chi connectivity index (χ0) is 44.6. The van der Waals surface area contributed by atoms with E-state index in [4.69, 9.17) is 14.4 Å². The Bertz CT molecular complexity index is 3470. The number of imidazole rings is 1. The maximum absolute atomic E-state index is 11.5. The van der Waals surface area contributed by atoms with Crippen LogP contribution in [0.5, 0.6) is 5.75 Å². The van der Waals surface area contributed by atoms with Gasteiger partial charge in [0, 0.05) is 43.1 Å². The molecule has 1 N–H and O–H groups in total. The predicted octanol–water partition coefficient (Wildman–Crippen LogP) is 16.5. The summed E-state index contributed by atoms with van der Waals surface area (Å²) in [4.78, 5) is 10.7. The van der Waals surface area contributed by atoms with Crippen LogP contribution in [0.15, 0.2) is 156 Å². The van der Waals surface area contributed by atoms with Gasteiger partial charge in [-0.2, -0.15) is 0 Å². The van der Waals surface area contributed by atoms with E-state index in [1.54, 1.807) is 6.07 Å². The molecule has 2 fully saturated rings. The number of pyridine rings is 1. The van der Waals surface area contributed by atoms with Gasteiger partial charge in [-0.25, -0.2) is 4.98 Å². The first-order valence-electron chi connectivity index (χ1n) is 24.0. The van der Waals surface area contributed by atoms with Gasteiger partial charge in [-0.05, 0) is 119 Å². The summed E-state index contributed by atoms with van der Waals surface area (Å²) in [6.07, 6.45) is 11.8.